The monoisotopic (exact) mass is 318 g/mol. The second-order valence-electron chi connectivity index (χ2n) is 6.08. The number of hydrogen-bond acceptors (Lipinski definition) is 0. The van der Waals surface area contributed by atoms with E-state index in [-0.39, 0.29) is 0 Å². The van der Waals surface area contributed by atoms with Gasteiger partial charge in [0.25, 0.3) is 0 Å². The summed E-state index contributed by atoms with van der Waals surface area (Å²) in [5, 5.41) is 0. The maximum atomic E-state index is 2.17. The van der Waals surface area contributed by atoms with Crippen molar-refractivity contribution in [3.05, 3.63) is 107 Å². The predicted octanol–water partition coefficient (Wildman–Crippen LogP) is 6.86. The Labute approximate surface area is 148 Å². The number of aryl methyl sites for hydroxylation is 5. The summed E-state index contributed by atoms with van der Waals surface area (Å²) in [4.78, 5) is 0. The highest BCUT2D eigenvalue weighted by Gasteiger charge is 1.84. The van der Waals surface area contributed by atoms with Crippen molar-refractivity contribution < 1.29 is 0 Å². The lowest BCUT2D eigenvalue weighted by Crippen LogP contribution is -1.74. The van der Waals surface area contributed by atoms with Gasteiger partial charge in [-0.3, -0.25) is 0 Å². The predicted molar refractivity (Wildman–Crippen MR) is 108 cm³/mol. The van der Waals surface area contributed by atoms with Crippen LogP contribution in [0.1, 0.15) is 34.7 Å². The first-order chi connectivity index (χ1) is 11.5. The van der Waals surface area contributed by atoms with Gasteiger partial charge in [-0.2, -0.15) is 0 Å². The molecule has 0 spiro atoms. The van der Waals surface area contributed by atoms with Crippen LogP contribution in [-0.2, 0) is 6.42 Å². The van der Waals surface area contributed by atoms with Crippen molar-refractivity contribution in [2.45, 2.75) is 41.0 Å². The summed E-state index contributed by atoms with van der Waals surface area (Å²) in [6, 6.07) is 27.3. The van der Waals surface area contributed by atoms with Crippen LogP contribution in [-0.4, -0.2) is 0 Å². The zero-order chi connectivity index (χ0) is 17.8. The summed E-state index contributed by atoms with van der Waals surface area (Å²) in [5.74, 6) is 0. The fraction of sp³-hybridized carbons (Fsp3) is 0.250. The lowest BCUT2D eigenvalue weighted by atomic mass is 10.1. The first-order valence-electron chi connectivity index (χ1n) is 8.62. The Hall–Kier alpha value is -2.34. The number of rotatable bonds is 1. The molecule has 0 fully saturated rings. The molecule has 0 bridgehead atoms. The Morgan fingerprint density at radius 1 is 0.542 bits per heavy atom. The second kappa shape index (κ2) is 11.2. The molecule has 0 nitrogen and oxygen atoms in total. The van der Waals surface area contributed by atoms with E-state index in [9.17, 15) is 0 Å². The molecule has 126 valence electrons. The van der Waals surface area contributed by atoms with Crippen molar-refractivity contribution in [3.8, 4) is 0 Å². The van der Waals surface area contributed by atoms with E-state index in [1.165, 1.54) is 27.8 Å². The molecule has 0 aliphatic heterocycles. The summed E-state index contributed by atoms with van der Waals surface area (Å²) >= 11 is 0. The summed E-state index contributed by atoms with van der Waals surface area (Å²) in [6.45, 7) is 10.6. The fourth-order valence-electron chi connectivity index (χ4n) is 2.18. The first kappa shape index (κ1) is 19.7. The minimum Gasteiger partial charge on any atom is -0.0622 e. The molecule has 0 unspecified atom stereocenters. The Balaban J connectivity index is 0.000000180. The molecule has 3 aromatic rings. The summed E-state index contributed by atoms with van der Waals surface area (Å²) < 4.78 is 0. The number of hydrogen-bond donors (Lipinski definition) is 0. The molecule has 0 heterocycles. The normalized spacial score (nSPS) is 9.21. The van der Waals surface area contributed by atoms with Crippen LogP contribution in [0.15, 0.2) is 78.9 Å². The average molecular weight is 319 g/mol. The van der Waals surface area contributed by atoms with Gasteiger partial charge in [0.05, 0.1) is 0 Å². The fourth-order valence-corrected chi connectivity index (χ4v) is 2.18. The van der Waals surface area contributed by atoms with Crippen molar-refractivity contribution in [2.24, 2.45) is 0 Å². The number of benzene rings is 3. The van der Waals surface area contributed by atoms with Crippen LogP contribution in [0.3, 0.4) is 0 Å². The van der Waals surface area contributed by atoms with Crippen LogP contribution in [0.2, 0.25) is 0 Å². The lowest BCUT2D eigenvalue weighted by molar-refractivity contribution is 1.14. The van der Waals surface area contributed by atoms with Crippen molar-refractivity contribution in [2.75, 3.05) is 0 Å². The van der Waals surface area contributed by atoms with Crippen molar-refractivity contribution >= 4 is 0 Å². The third kappa shape index (κ3) is 8.33. The molecule has 0 aliphatic carbocycles. The van der Waals surface area contributed by atoms with Gasteiger partial charge in [-0.25, -0.2) is 0 Å². The molecule has 0 saturated carbocycles. The maximum Gasteiger partial charge on any atom is -0.0307 e. The van der Waals surface area contributed by atoms with Gasteiger partial charge in [0.15, 0.2) is 0 Å². The summed E-state index contributed by atoms with van der Waals surface area (Å²) in [6.07, 6.45) is 1.14. The quantitative estimate of drug-likeness (QED) is 0.460. The minimum atomic E-state index is 1.14. The summed E-state index contributed by atoms with van der Waals surface area (Å²) in [5.41, 5.74) is 6.82. The van der Waals surface area contributed by atoms with E-state index in [4.69, 9.17) is 0 Å². The van der Waals surface area contributed by atoms with Gasteiger partial charge in [-0.15, -0.1) is 0 Å². The molecule has 0 atom stereocenters. The molecule has 0 N–H and O–H groups in total. The smallest absolute Gasteiger partial charge is 0.0307 e. The Kier molecular flexibility index (Phi) is 9.23. The molecule has 0 amide bonds. The van der Waals surface area contributed by atoms with Gasteiger partial charge < -0.3 is 0 Å². The molecule has 3 aromatic carbocycles. The van der Waals surface area contributed by atoms with Gasteiger partial charge in [0.2, 0.25) is 0 Å². The van der Waals surface area contributed by atoms with Gasteiger partial charge in [-0.1, -0.05) is 96.9 Å². The lowest BCUT2D eigenvalue weighted by Gasteiger charge is -1.93. The van der Waals surface area contributed by atoms with Crippen molar-refractivity contribution in [3.63, 3.8) is 0 Å². The van der Waals surface area contributed by atoms with Crippen LogP contribution < -0.4 is 0 Å². The van der Waals surface area contributed by atoms with E-state index in [2.05, 4.69) is 107 Å². The third-order valence-corrected chi connectivity index (χ3v) is 3.85. The van der Waals surface area contributed by atoms with E-state index in [0.29, 0.717) is 0 Å². The highest BCUT2D eigenvalue weighted by molar-refractivity contribution is 5.23. The molecule has 0 saturated heterocycles. The third-order valence-electron chi connectivity index (χ3n) is 3.85. The topological polar surface area (TPSA) is 0 Å². The van der Waals surface area contributed by atoms with Crippen molar-refractivity contribution in [1.29, 1.82) is 0 Å². The molecule has 24 heavy (non-hydrogen) atoms. The Bertz CT molecular complexity index is 658. The Morgan fingerprint density at radius 3 is 1.29 bits per heavy atom. The average Bonchev–Trinajstić information content (AvgIpc) is 2.59. The van der Waals surface area contributed by atoms with Gasteiger partial charge >= 0.3 is 0 Å². The highest BCUT2D eigenvalue weighted by atomic mass is 13.9. The van der Waals surface area contributed by atoms with E-state index in [0.717, 1.165) is 6.42 Å². The zero-order valence-electron chi connectivity index (χ0n) is 15.7. The molecule has 0 aliphatic rings. The van der Waals surface area contributed by atoms with Crippen LogP contribution in [0.5, 0.6) is 0 Å². The van der Waals surface area contributed by atoms with Gasteiger partial charge in [-0.05, 0) is 50.8 Å². The SMILES string of the molecule is CCc1ccccc1.Cc1cccc(C)c1.Cc1ccccc1C. The molecule has 0 radical (unpaired) electrons. The molecule has 0 heteroatoms. The Morgan fingerprint density at radius 2 is 1.00 bits per heavy atom. The highest BCUT2D eigenvalue weighted by Crippen LogP contribution is 2.02. The maximum absolute atomic E-state index is 2.17. The van der Waals surface area contributed by atoms with E-state index < -0.39 is 0 Å². The molecular weight excluding hydrogens is 288 g/mol. The largest absolute Gasteiger partial charge is 0.0622 e. The van der Waals surface area contributed by atoms with Crippen LogP contribution in [0, 0.1) is 27.7 Å². The van der Waals surface area contributed by atoms with Crippen molar-refractivity contribution in [1.82, 2.24) is 0 Å². The minimum absolute atomic E-state index is 1.14. The van der Waals surface area contributed by atoms with Crippen LogP contribution >= 0.6 is 0 Å². The molecular formula is C24H30. The second-order valence-corrected chi connectivity index (χ2v) is 6.08. The molecule has 3 rings (SSSR count). The van der Waals surface area contributed by atoms with E-state index in [1.807, 2.05) is 6.07 Å². The first-order valence-corrected chi connectivity index (χ1v) is 8.62. The standard InChI is InChI=1S/3C8H10/c1-7-4-3-5-8(2)6-7;1-7-5-3-4-6-8(7)2;1-2-8-6-4-3-5-7-8/h2*3-6H,1-2H3;3-7H,2H2,1H3. The molecule has 0 aromatic heterocycles. The van der Waals surface area contributed by atoms with Crippen LogP contribution in [0.4, 0.5) is 0 Å². The summed E-state index contributed by atoms with van der Waals surface area (Å²) in [7, 11) is 0. The van der Waals surface area contributed by atoms with Gasteiger partial charge in [0, 0.05) is 0 Å². The van der Waals surface area contributed by atoms with Crippen LogP contribution in [0.25, 0.3) is 0 Å². The van der Waals surface area contributed by atoms with E-state index in [1.54, 1.807) is 0 Å². The van der Waals surface area contributed by atoms with Gasteiger partial charge in [0.1, 0.15) is 0 Å². The van der Waals surface area contributed by atoms with E-state index >= 15 is 0 Å². The zero-order valence-corrected chi connectivity index (χ0v) is 15.7.